The summed E-state index contributed by atoms with van der Waals surface area (Å²) in [6.45, 7) is 8.53. The normalized spacial score (nSPS) is 12.3. The molecule has 0 unspecified atom stereocenters. The summed E-state index contributed by atoms with van der Waals surface area (Å²) in [5.41, 5.74) is 8.55. The molecular formula is C22H23N7. The van der Waals surface area contributed by atoms with Crippen molar-refractivity contribution in [3.8, 4) is 22.4 Å². The first kappa shape index (κ1) is 17.6. The molecule has 5 rings (SSSR count). The Morgan fingerprint density at radius 3 is 2.62 bits per heavy atom. The number of hydrogen-bond acceptors (Lipinski definition) is 4. The first-order valence-corrected chi connectivity index (χ1v) is 9.64. The third-order valence-electron chi connectivity index (χ3n) is 5.25. The van der Waals surface area contributed by atoms with Crippen LogP contribution < -0.4 is 0 Å². The Kier molecular flexibility index (Phi) is 3.65. The molecule has 4 heterocycles. The lowest BCUT2D eigenvalue weighted by molar-refractivity contribution is 0.408. The lowest BCUT2D eigenvalue weighted by atomic mass is 10.1. The van der Waals surface area contributed by atoms with Crippen LogP contribution in [0.15, 0.2) is 43.1 Å². The van der Waals surface area contributed by atoms with Gasteiger partial charge in [0.25, 0.3) is 0 Å². The number of nitrogens with zero attached hydrogens (tertiary/aromatic N) is 6. The fourth-order valence-electron chi connectivity index (χ4n) is 3.80. The topological polar surface area (TPSA) is 77.2 Å². The minimum Gasteiger partial charge on any atom is -0.344 e. The second-order valence-electron chi connectivity index (χ2n) is 8.45. The first-order chi connectivity index (χ1) is 13.8. The van der Waals surface area contributed by atoms with Crippen LogP contribution in [0.2, 0.25) is 0 Å². The average molecular weight is 385 g/mol. The third kappa shape index (κ3) is 2.81. The van der Waals surface area contributed by atoms with Gasteiger partial charge in [0.05, 0.1) is 34.9 Å². The van der Waals surface area contributed by atoms with Crippen molar-refractivity contribution >= 4 is 22.2 Å². The van der Waals surface area contributed by atoms with Crippen LogP contribution in [-0.4, -0.2) is 34.3 Å². The molecule has 7 heteroatoms. The van der Waals surface area contributed by atoms with E-state index in [9.17, 15) is 0 Å². The van der Waals surface area contributed by atoms with Crippen molar-refractivity contribution in [2.75, 3.05) is 0 Å². The van der Waals surface area contributed by atoms with Crippen molar-refractivity contribution < 1.29 is 0 Å². The molecule has 4 aromatic heterocycles. The molecule has 0 fully saturated rings. The molecule has 0 atom stereocenters. The Labute approximate surface area is 168 Å². The monoisotopic (exact) mass is 385 g/mol. The number of benzene rings is 1. The summed E-state index contributed by atoms with van der Waals surface area (Å²) >= 11 is 0. The number of aromatic amines is 1. The van der Waals surface area contributed by atoms with E-state index >= 15 is 0 Å². The average Bonchev–Trinajstić information content (AvgIpc) is 3.36. The zero-order chi connectivity index (χ0) is 20.3. The van der Waals surface area contributed by atoms with Crippen molar-refractivity contribution in [3.63, 3.8) is 0 Å². The number of hydrogen-bond donors (Lipinski definition) is 1. The summed E-state index contributed by atoms with van der Waals surface area (Å²) in [5, 5.41) is 4.43. The van der Waals surface area contributed by atoms with Gasteiger partial charge in [-0.1, -0.05) is 6.07 Å². The standard InChI is InChI=1S/C22H23N7/c1-13-16(11-28(5)27-13)18-10-24-21-20(26-18)15(9-23-21)14-6-7-17-19(8-14)29(12-25-17)22(2,3)4/h6-12H,1-5H3,(H,23,24). The Morgan fingerprint density at radius 2 is 1.90 bits per heavy atom. The molecule has 7 nitrogen and oxygen atoms in total. The summed E-state index contributed by atoms with van der Waals surface area (Å²) in [4.78, 5) is 17.3. The molecule has 0 spiro atoms. The van der Waals surface area contributed by atoms with E-state index in [2.05, 4.69) is 63.6 Å². The van der Waals surface area contributed by atoms with Crippen molar-refractivity contribution in [3.05, 3.63) is 48.8 Å². The number of imidazole rings is 1. The molecule has 1 aromatic carbocycles. The number of fused-ring (bicyclic) bond motifs is 2. The van der Waals surface area contributed by atoms with E-state index in [0.717, 1.165) is 50.3 Å². The number of H-pyrrole nitrogens is 1. The van der Waals surface area contributed by atoms with E-state index in [1.807, 2.05) is 32.7 Å². The molecule has 0 saturated carbocycles. The number of aromatic nitrogens is 7. The third-order valence-corrected chi connectivity index (χ3v) is 5.25. The molecule has 29 heavy (non-hydrogen) atoms. The molecule has 0 aliphatic rings. The van der Waals surface area contributed by atoms with Crippen LogP contribution in [0.25, 0.3) is 44.6 Å². The molecule has 0 aliphatic heterocycles. The molecule has 146 valence electrons. The predicted molar refractivity (Wildman–Crippen MR) is 115 cm³/mol. The minimum absolute atomic E-state index is 0.0433. The molecule has 1 N–H and O–H groups in total. The quantitative estimate of drug-likeness (QED) is 0.487. The van der Waals surface area contributed by atoms with Gasteiger partial charge in [0.1, 0.15) is 5.52 Å². The van der Waals surface area contributed by atoms with E-state index in [1.54, 1.807) is 10.9 Å². The maximum Gasteiger partial charge on any atom is 0.156 e. The fraction of sp³-hybridized carbons (Fsp3) is 0.273. The van der Waals surface area contributed by atoms with Gasteiger partial charge in [-0.15, -0.1) is 0 Å². The van der Waals surface area contributed by atoms with E-state index in [-0.39, 0.29) is 5.54 Å². The van der Waals surface area contributed by atoms with Crippen LogP contribution in [-0.2, 0) is 12.6 Å². The van der Waals surface area contributed by atoms with Crippen LogP contribution in [0.4, 0.5) is 0 Å². The van der Waals surface area contributed by atoms with E-state index < -0.39 is 0 Å². The summed E-state index contributed by atoms with van der Waals surface area (Å²) in [6, 6.07) is 6.34. The highest BCUT2D eigenvalue weighted by Gasteiger charge is 2.18. The van der Waals surface area contributed by atoms with Gasteiger partial charge in [0.2, 0.25) is 0 Å². The molecule has 5 aromatic rings. The van der Waals surface area contributed by atoms with Crippen molar-refractivity contribution in [2.45, 2.75) is 33.2 Å². The number of nitrogens with one attached hydrogen (secondary N) is 1. The lowest BCUT2D eigenvalue weighted by Gasteiger charge is -2.21. The Morgan fingerprint density at radius 1 is 1.07 bits per heavy atom. The SMILES string of the molecule is Cc1nn(C)cc1-c1cnc2[nH]cc(-c3ccc4ncn(C(C)(C)C)c4c3)c2n1. The van der Waals surface area contributed by atoms with Crippen molar-refractivity contribution in [1.29, 1.82) is 0 Å². The van der Waals surface area contributed by atoms with E-state index in [0.29, 0.717) is 0 Å². The van der Waals surface area contributed by atoms with E-state index in [4.69, 9.17) is 4.98 Å². The highest BCUT2D eigenvalue weighted by molar-refractivity contribution is 5.94. The van der Waals surface area contributed by atoms with Gasteiger partial charge in [-0.3, -0.25) is 4.68 Å². The van der Waals surface area contributed by atoms with Crippen LogP contribution in [0.5, 0.6) is 0 Å². The van der Waals surface area contributed by atoms with E-state index in [1.165, 1.54) is 0 Å². The van der Waals surface area contributed by atoms with Crippen LogP contribution in [0, 0.1) is 6.92 Å². The zero-order valence-electron chi connectivity index (χ0n) is 17.2. The van der Waals surface area contributed by atoms with Crippen molar-refractivity contribution in [1.82, 2.24) is 34.3 Å². The second-order valence-corrected chi connectivity index (χ2v) is 8.45. The molecule has 0 aliphatic carbocycles. The minimum atomic E-state index is -0.0433. The maximum absolute atomic E-state index is 4.93. The van der Waals surface area contributed by atoms with Gasteiger partial charge >= 0.3 is 0 Å². The first-order valence-electron chi connectivity index (χ1n) is 9.64. The smallest absolute Gasteiger partial charge is 0.156 e. The fourth-order valence-corrected chi connectivity index (χ4v) is 3.80. The summed E-state index contributed by atoms with van der Waals surface area (Å²) in [6.07, 6.45) is 7.66. The van der Waals surface area contributed by atoms with Gasteiger partial charge in [-0.2, -0.15) is 5.10 Å². The number of aryl methyl sites for hydroxylation is 2. The van der Waals surface area contributed by atoms with Crippen LogP contribution in [0.3, 0.4) is 0 Å². The molecule has 0 bridgehead atoms. The lowest BCUT2D eigenvalue weighted by Crippen LogP contribution is -2.20. The molecule has 0 radical (unpaired) electrons. The van der Waals surface area contributed by atoms with Gasteiger partial charge in [0.15, 0.2) is 5.65 Å². The Hall–Kier alpha value is -3.48. The van der Waals surface area contributed by atoms with Gasteiger partial charge in [0, 0.05) is 36.1 Å². The molecule has 0 saturated heterocycles. The summed E-state index contributed by atoms with van der Waals surface area (Å²) < 4.78 is 4.01. The molecular weight excluding hydrogens is 362 g/mol. The zero-order valence-corrected chi connectivity index (χ0v) is 17.2. The van der Waals surface area contributed by atoms with Crippen LogP contribution in [0.1, 0.15) is 26.5 Å². The van der Waals surface area contributed by atoms with Gasteiger partial charge in [-0.05, 0) is 45.4 Å². The Bertz CT molecular complexity index is 1360. The van der Waals surface area contributed by atoms with Crippen LogP contribution >= 0.6 is 0 Å². The molecule has 0 amide bonds. The summed E-state index contributed by atoms with van der Waals surface area (Å²) in [7, 11) is 1.91. The Balaban J connectivity index is 1.69. The number of rotatable bonds is 2. The summed E-state index contributed by atoms with van der Waals surface area (Å²) in [5.74, 6) is 0. The highest BCUT2D eigenvalue weighted by Crippen LogP contribution is 2.32. The highest BCUT2D eigenvalue weighted by atomic mass is 15.2. The largest absolute Gasteiger partial charge is 0.344 e. The van der Waals surface area contributed by atoms with Gasteiger partial charge in [-0.25, -0.2) is 15.0 Å². The maximum atomic E-state index is 4.93. The predicted octanol–water partition coefficient (Wildman–Crippen LogP) is 4.44. The van der Waals surface area contributed by atoms with Crippen molar-refractivity contribution in [2.24, 2.45) is 7.05 Å². The second kappa shape index (κ2) is 6.01. The van der Waals surface area contributed by atoms with Gasteiger partial charge < -0.3 is 9.55 Å².